The number of unbranched alkanes of at least 4 members (excludes halogenated alkanes) is 4. The molecule has 0 amide bonds. The summed E-state index contributed by atoms with van der Waals surface area (Å²) in [5, 5.41) is 0. The van der Waals surface area contributed by atoms with Crippen molar-refractivity contribution in [3.05, 3.63) is 37.5 Å². The number of allylic oxidation sites excluding steroid dienone is 4. The molecule has 0 aromatic heterocycles. The second-order valence-electron chi connectivity index (χ2n) is 2.59. The molecule has 0 aliphatic heterocycles. The molecule has 0 heteroatoms. The maximum absolute atomic E-state index is 3.68. The van der Waals surface area contributed by atoms with Crippen molar-refractivity contribution in [1.29, 1.82) is 0 Å². The van der Waals surface area contributed by atoms with E-state index in [2.05, 4.69) is 19.2 Å². The zero-order valence-corrected chi connectivity index (χ0v) is 7.26. The molecular formula is C11H18. The molecule has 0 aliphatic rings. The van der Waals surface area contributed by atoms with E-state index < -0.39 is 0 Å². The van der Waals surface area contributed by atoms with Crippen LogP contribution in [0.15, 0.2) is 37.5 Å². The van der Waals surface area contributed by atoms with Gasteiger partial charge < -0.3 is 0 Å². The highest BCUT2D eigenvalue weighted by atomic mass is 13.9. The van der Waals surface area contributed by atoms with Crippen molar-refractivity contribution in [1.82, 2.24) is 0 Å². The van der Waals surface area contributed by atoms with Crippen molar-refractivity contribution >= 4 is 0 Å². The van der Waals surface area contributed by atoms with E-state index in [1.54, 1.807) is 0 Å². The molecule has 0 rings (SSSR count). The molecular weight excluding hydrogens is 132 g/mol. The van der Waals surface area contributed by atoms with Crippen molar-refractivity contribution in [2.24, 2.45) is 0 Å². The highest BCUT2D eigenvalue weighted by Gasteiger charge is 1.83. The summed E-state index contributed by atoms with van der Waals surface area (Å²) < 4.78 is 0. The SMILES string of the molecule is C=CC=CCCCCCC=C. The van der Waals surface area contributed by atoms with Crippen LogP contribution in [-0.2, 0) is 0 Å². The molecule has 0 nitrogen and oxygen atoms in total. The first-order valence-electron chi connectivity index (χ1n) is 4.30. The zero-order chi connectivity index (χ0) is 8.36. The molecule has 0 radical (unpaired) electrons. The third-order valence-corrected chi connectivity index (χ3v) is 1.55. The average Bonchev–Trinajstić information content (AvgIpc) is 2.03. The fraction of sp³-hybridized carbons (Fsp3) is 0.455. The van der Waals surface area contributed by atoms with Crippen LogP contribution in [-0.4, -0.2) is 0 Å². The normalized spacial score (nSPS) is 10.2. The quantitative estimate of drug-likeness (QED) is 0.293. The van der Waals surface area contributed by atoms with E-state index in [9.17, 15) is 0 Å². The van der Waals surface area contributed by atoms with Gasteiger partial charge >= 0.3 is 0 Å². The Morgan fingerprint density at radius 3 is 2.27 bits per heavy atom. The minimum atomic E-state index is 1.16. The smallest absolute Gasteiger partial charge is 0.0348 e. The van der Waals surface area contributed by atoms with E-state index >= 15 is 0 Å². The number of hydrogen-bond acceptors (Lipinski definition) is 0. The highest BCUT2D eigenvalue weighted by Crippen LogP contribution is 2.03. The van der Waals surface area contributed by atoms with Gasteiger partial charge in [0.1, 0.15) is 0 Å². The van der Waals surface area contributed by atoms with Crippen molar-refractivity contribution < 1.29 is 0 Å². The van der Waals surface area contributed by atoms with Gasteiger partial charge in [0.05, 0.1) is 0 Å². The maximum atomic E-state index is 3.68. The van der Waals surface area contributed by atoms with Crippen LogP contribution in [0.4, 0.5) is 0 Å². The summed E-state index contributed by atoms with van der Waals surface area (Å²) in [6, 6.07) is 0. The second-order valence-corrected chi connectivity index (χ2v) is 2.59. The highest BCUT2D eigenvalue weighted by molar-refractivity contribution is 4.96. The third kappa shape index (κ3) is 9.22. The lowest BCUT2D eigenvalue weighted by molar-refractivity contribution is 0.696. The summed E-state index contributed by atoms with van der Waals surface area (Å²) in [4.78, 5) is 0. The van der Waals surface area contributed by atoms with E-state index in [1.807, 2.05) is 18.2 Å². The zero-order valence-electron chi connectivity index (χ0n) is 7.26. The molecule has 0 spiro atoms. The van der Waals surface area contributed by atoms with Gasteiger partial charge in [0, 0.05) is 0 Å². The monoisotopic (exact) mass is 150 g/mol. The Bertz CT molecular complexity index is 120. The van der Waals surface area contributed by atoms with Gasteiger partial charge in [-0.1, -0.05) is 37.3 Å². The molecule has 0 N–H and O–H groups in total. The molecule has 0 fully saturated rings. The lowest BCUT2D eigenvalue weighted by Gasteiger charge is -1.93. The lowest BCUT2D eigenvalue weighted by atomic mass is 10.1. The molecule has 11 heavy (non-hydrogen) atoms. The van der Waals surface area contributed by atoms with Gasteiger partial charge in [0.2, 0.25) is 0 Å². The molecule has 0 saturated heterocycles. The van der Waals surface area contributed by atoms with E-state index in [-0.39, 0.29) is 0 Å². The predicted molar refractivity (Wildman–Crippen MR) is 52.6 cm³/mol. The molecule has 0 aromatic rings. The average molecular weight is 150 g/mol. The first-order valence-corrected chi connectivity index (χ1v) is 4.30. The van der Waals surface area contributed by atoms with Crippen molar-refractivity contribution in [3.63, 3.8) is 0 Å². The largest absolute Gasteiger partial charge is 0.103 e. The van der Waals surface area contributed by atoms with E-state index in [0.717, 1.165) is 6.42 Å². The van der Waals surface area contributed by atoms with Crippen LogP contribution in [0.25, 0.3) is 0 Å². The maximum Gasteiger partial charge on any atom is -0.0348 e. The van der Waals surface area contributed by atoms with E-state index in [4.69, 9.17) is 0 Å². The Balaban J connectivity index is 2.95. The first kappa shape index (κ1) is 10.2. The Morgan fingerprint density at radius 2 is 1.64 bits per heavy atom. The summed E-state index contributed by atoms with van der Waals surface area (Å²) in [6.07, 6.45) is 14.2. The van der Waals surface area contributed by atoms with Crippen LogP contribution in [0.2, 0.25) is 0 Å². The van der Waals surface area contributed by atoms with Crippen LogP contribution in [0.1, 0.15) is 32.1 Å². The molecule has 0 aromatic carbocycles. The van der Waals surface area contributed by atoms with Crippen LogP contribution < -0.4 is 0 Å². The first-order chi connectivity index (χ1) is 5.41. The van der Waals surface area contributed by atoms with Crippen LogP contribution in [0, 0.1) is 0 Å². The minimum absolute atomic E-state index is 1.16. The van der Waals surface area contributed by atoms with Crippen LogP contribution in [0.5, 0.6) is 0 Å². The Kier molecular flexibility index (Phi) is 8.57. The molecule has 0 atom stereocenters. The van der Waals surface area contributed by atoms with E-state index in [0.29, 0.717) is 0 Å². The molecule has 62 valence electrons. The molecule has 0 heterocycles. The van der Waals surface area contributed by atoms with Crippen molar-refractivity contribution in [2.45, 2.75) is 32.1 Å². The van der Waals surface area contributed by atoms with Crippen molar-refractivity contribution in [3.8, 4) is 0 Å². The summed E-state index contributed by atoms with van der Waals surface area (Å²) in [5.74, 6) is 0. The lowest BCUT2D eigenvalue weighted by Crippen LogP contribution is -1.73. The fourth-order valence-corrected chi connectivity index (χ4v) is 0.920. The summed E-state index contributed by atoms with van der Waals surface area (Å²) >= 11 is 0. The van der Waals surface area contributed by atoms with Gasteiger partial charge in [-0.15, -0.1) is 6.58 Å². The van der Waals surface area contributed by atoms with Crippen LogP contribution in [0.3, 0.4) is 0 Å². The Labute approximate surface area is 70.3 Å². The van der Waals surface area contributed by atoms with Gasteiger partial charge in [-0.05, 0) is 25.7 Å². The molecule has 0 aliphatic carbocycles. The van der Waals surface area contributed by atoms with Gasteiger partial charge in [-0.25, -0.2) is 0 Å². The van der Waals surface area contributed by atoms with Gasteiger partial charge in [0.15, 0.2) is 0 Å². The molecule has 0 unspecified atom stereocenters. The Hall–Kier alpha value is -0.780. The van der Waals surface area contributed by atoms with Crippen LogP contribution >= 0.6 is 0 Å². The second kappa shape index (κ2) is 9.22. The third-order valence-electron chi connectivity index (χ3n) is 1.55. The van der Waals surface area contributed by atoms with Gasteiger partial charge in [0.25, 0.3) is 0 Å². The van der Waals surface area contributed by atoms with Gasteiger partial charge in [-0.3, -0.25) is 0 Å². The van der Waals surface area contributed by atoms with Crippen molar-refractivity contribution in [2.75, 3.05) is 0 Å². The molecule has 0 saturated carbocycles. The molecule has 0 bridgehead atoms. The topological polar surface area (TPSA) is 0 Å². The minimum Gasteiger partial charge on any atom is -0.103 e. The Morgan fingerprint density at radius 1 is 0.909 bits per heavy atom. The number of hydrogen-bond donors (Lipinski definition) is 0. The standard InChI is InChI=1S/C11H18/c1-3-5-7-9-11-10-8-6-4-2/h3-5,7H,1-2,6,8-11H2. The summed E-state index contributed by atoms with van der Waals surface area (Å²) in [7, 11) is 0. The van der Waals surface area contributed by atoms with E-state index in [1.165, 1.54) is 25.7 Å². The predicted octanol–water partition coefficient (Wildman–Crippen LogP) is 3.87. The fourth-order valence-electron chi connectivity index (χ4n) is 0.920. The summed E-state index contributed by atoms with van der Waals surface area (Å²) in [6.45, 7) is 7.29. The van der Waals surface area contributed by atoms with Gasteiger partial charge in [-0.2, -0.15) is 0 Å². The summed E-state index contributed by atoms with van der Waals surface area (Å²) in [5.41, 5.74) is 0. The number of rotatable bonds is 7.